The summed E-state index contributed by atoms with van der Waals surface area (Å²) in [6, 6.07) is 17.4. The Hall–Kier alpha value is -2.29. The third kappa shape index (κ3) is 5.13. The van der Waals surface area contributed by atoms with Crippen molar-refractivity contribution < 1.29 is 9.53 Å². The van der Waals surface area contributed by atoms with E-state index >= 15 is 0 Å². The Bertz CT molecular complexity index is 593. The van der Waals surface area contributed by atoms with Gasteiger partial charge in [-0.15, -0.1) is 0 Å². The van der Waals surface area contributed by atoms with Gasteiger partial charge in [0, 0.05) is 18.7 Å². The molecule has 0 bridgehead atoms. The summed E-state index contributed by atoms with van der Waals surface area (Å²) in [4.78, 5) is 14.4. The highest BCUT2D eigenvalue weighted by Crippen LogP contribution is 2.13. The van der Waals surface area contributed by atoms with Crippen LogP contribution in [0.25, 0.3) is 0 Å². The lowest BCUT2D eigenvalue weighted by Gasteiger charge is -2.20. The molecule has 2 rings (SSSR count). The Kier molecular flexibility index (Phi) is 6.67. The highest BCUT2D eigenvalue weighted by Gasteiger charge is 2.13. The molecule has 0 aliphatic rings. The van der Waals surface area contributed by atoms with Crippen LogP contribution in [-0.2, 0) is 6.61 Å². The molecule has 0 aliphatic heterocycles. The number of benzene rings is 2. The molecule has 2 aromatic rings. The largest absolute Gasteiger partial charge is 0.489 e. The summed E-state index contributed by atoms with van der Waals surface area (Å²) >= 11 is 0. The van der Waals surface area contributed by atoms with E-state index in [1.165, 1.54) is 0 Å². The molecule has 0 saturated carbocycles. The molecule has 0 aliphatic carbocycles. The standard InChI is InChI=1S/C20H25NO2/c1-3-5-15-21(4-2)20(22)18-13-11-17(12-14-18)16-23-19-9-7-6-8-10-19/h6-14H,3-5,15-16H2,1-2H3. The molecule has 0 heterocycles. The van der Waals surface area contributed by atoms with E-state index in [9.17, 15) is 4.79 Å². The summed E-state index contributed by atoms with van der Waals surface area (Å²) in [5.74, 6) is 0.959. The van der Waals surface area contributed by atoms with Gasteiger partial charge in [0.1, 0.15) is 12.4 Å². The molecule has 23 heavy (non-hydrogen) atoms. The van der Waals surface area contributed by atoms with Gasteiger partial charge in [-0.05, 0) is 43.2 Å². The fourth-order valence-corrected chi connectivity index (χ4v) is 2.36. The minimum absolute atomic E-state index is 0.108. The Morgan fingerprint density at radius 1 is 1.00 bits per heavy atom. The van der Waals surface area contributed by atoms with Crippen molar-refractivity contribution in [1.82, 2.24) is 4.90 Å². The number of hydrogen-bond donors (Lipinski definition) is 0. The van der Waals surface area contributed by atoms with Crippen LogP contribution in [0.4, 0.5) is 0 Å². The first-order valence-electron chi connectivity index (χ1n) is 8.30. The van der Waals surface area contributed by atoms with Crippen molar-refractivity contribution in [2.24, 2.45) is 0 Å². The average molecular weight is 311 g/mol. The first kappa shape index (κ1) is 17.1. The predicted molar refractivity (Wildman–Crippen MR) is 93.7 cm³/mol. The zero-order valence-electron chi connectivity index (χ0n) is 14.0. The van der Waals surface area contributed by atoms with Crippen LogP contribution in [-0.4, -0.2) is 23.9 Å². The lowest BCUT2D eigenvalue weighted by molar-refractivity contribution is 0.0762. The summed E-state index contributed by atoms with van der Waals surface area (Å²) in [6.45, 7) is 6.24. The second-order valence-corrected chi connectivity index (χ2v) is 5.54. The van der Waals surface area contributed by atoms with E-state index in [4.69, 9.17) is 4.74 Å². The topological polar surface area (TPSA) is 29.5 Å². The molecule has 122 valence electrons. The van der Waals surface area contributed by atoms with Crippen LogP contribution in [0.2, 0.25) is 0 Å². The molecule has 1 amide bonds. The summed E-state index contributed by atoms with van der Waals surface area (Å²) in [5, 5.41) is 0. The number of para-hydroxylation sites is 1. The van der Waals surface area contributed by atoms with Crippen LogP contribution in [0.15, 0.2) is 54.6 Å². The molecule has 0 spiro atoms. The maximum Gasteiger partial charge on any atom is 0.253 e. The third-order valence-electron chi connectivity index (χ3n) is 3.80. The van der Waals surface area contributed by atoms with Gasteiger partial charge in [-0.25, -0.2) is 0 Å². The van der Waals surface area contributed by atoms with Gasteiger partial charge in [-0.3, -0.25) is 4.79 Å². The summed E-state index contributed by atoms with van der Waals surface area (Å²) < 4.78 is 5.72. The zero-order valence-corrected chi connectivity index (χ0v) is 14.0. The van der Waals surface area contributed by atoms with Gasteiger partial charge in [-0.1, -0.05) is 43.7 Å². The number of hydrogen-bond acceptors (Lipinski definition) is 2. The Morgan fingerprint density at radius 2 is 1.70 bits per heavy atom. The summed E-state index contributed by atoms with van der Waals surface area (Å²) in [6.07, 6.45) is 2.14. The van der Waals surface area contributed by atoms with Crippen LogP contribution in [0.5, 0.6) is 5.75 Å². The van der Waals surface area contributed by atoms with Crippen molar-refractivity contribution in [3.63, 3.8) is 0 Å². The van der Waals surface area contributed by atoms with Gasteiger partial charge in [0.25, 0.3) is 5.91 Å². The molecular weight excluding hydrogens is 286 g/mol. The van der Waals surface area contributed by atoms with Gasteiger partial charge in [-0.2, -0.15) is 0 Å². The first-order chi connectivity index (χ1) is 11.2. The molecule has 2 aromatic carbocycles. The normalized spacial score (nSPS) is 10.3. The van der Waals surface area contributed by atoms with Crippen molar-refractivity contribution in [3.8, 4) is 5.75 Å². The number of carbonyl (C=O) groups excluding carboxylic acids is 1. The number of nitrogens with zero attached hydrogens (tertiary/aromatic N) is 1. The number of rotatable bonds is 8. The number of carbonyl (C=O) groups is 1. The van der Waals surface area contributed by atoms with E-state index < -0.39 is 0 Å². The number of amides is 1. The fraction of sp³-hybridized carbons (Fsp3) is 0.350. The van der Waals surface area contributed by atoms with Crippen LogP contribution in [0, 0.1) is 0 Å². The van der Waals surface area contributed by atoms with Crippen molar-refractivity contribution >= 4 is 5.91 Å². The van der Waals surface area contributed by atoms with E-state index in [1.807, 2.05) is 66.4 Å². The maximum atomic E-state index is 12.5. The van der Waals surface area contributed by atoms with Crippen molar-refractivity contribution in [2.45, 2.75) is 33.3 Å². The van der Waals surface area contributed by atoms with E-state index in [1.54, 1.807) is 0 Å². The van der Waals surface area contributed by atoms with Crippen molar-refractivity contribution in [2.75, 3.05) is 13.1 Å². The van der Waals surface area contributed by atoms with Crippen LogP contribution < -0.4 is 4.74 Å². The second-order valence-electron chi connectivity index (χ2n) is 5.54. The molecule has 0 N–H and O–H groups in total. The van der Waals surface area contributed by atoms with Gasteiger partial charge in [0.05, 0.1) is 0 Å². The van der Waals surface area contributed by atoms with Crippen LogP contribution in [0.3, 0.4) is 0 Å². The van der Waals surface area contributed by atoms with Crippen LogP contribution in [0.1, 0.15) is 42.6 Å². The van der Waals surface area contributed by atoms with Gasteiger partial charge in [0.15, 0.2) is 0 Å². The molecule has 0 atom stereocenters. The molecule has 0 fully saturated rings. The summed E-state index contributed by atoms with van der Waals surface area (Å²) in [7, 11) is 0. The maximum absolute atomic E-state index is 12.5. The zero-order chi connectivity index (χ0) is 16.5. The predicted octanol–water partition coefficient (Wildman–Crippen LogP) is 4.53. The Morgan fingerprint density at radius 3 is 2.30 bits per heavy atom. The highest BCUT2D eigenvalue weighted by atomic mass is 16.5. The average Bonchev–Trinajstić information content (AvgIpc) is 2.62. The van der Waals surface area contributed by atoms with Gasteiger partial charge in [0.2, 0.25) is 0 Å². The lowest BCUT2D eigenvalue weighted by atomic mass is 10.1. The smallest absolute Gasteiger partial charge is 0.253 e. The fourth-order valence-electron chi connectivity index (χ4n) is 2.36. The van der Waals surface area contributed by atoms with Gasteiger partial charge < -0.3 is 9.64 Å². The molecule has 0 radical (unpaired) electrons. The van der Waals surface area contributed by atoms with Gasteiger partial charge >= 0.3 is 0 Å². The first-order valence-corrected chi connectivity index (χ1v) is 8.30. The highest BCUT2D eigenvalue weighted by molar-refractivity contribution is 5.94. The monoisotopic (exact) mass is 311 g/mol. The molecule has 0 unspecified atom stereocenters. The number of ether oxygens (including phenoxy) is 1. The van der Waals surface area contributed by atoms with E-state index in [-0.39, 0.29) is 5.91 Å². The van der Waals surface area contributed by atoms with E-state index in [0.717, 1.165) is 42.8 Å². The quantitative estimate of drug-likeness (QED) is 0.717. The minimum atomic E-state index is 0.108. The Balaban J connectivity index is 1.94. The minimum Gasteiger partial charge on any atom is -0.489 e. The number of unbranched alkanes of at least 4 members (excludes halogenated alkanes) is 1. The molecular formula is C20H25NO2. The van der Waals surface area contributed by atoms with Crippen molar-refractivity contribution in [3.05, 3.63) is 65.7 Å². The third-order valence-corrected chi connectivity index (χ3v) is 3.80. The molecule has 0 aromatic heterocycles. The van der Waals surface area contributed by atoms with Crippen LogP contribution >= 0.6 is 0 Å². The van der Waals surface area contributed by atoms with E-state index in [2.05, 4.69) is 6.92 Å². The molecule has 0 saturated heterocycles. The lowest BCUT2D eigenvalue weighted by Crippen LogP contribution is -2.31. The van der Waals surface area contributed by atoms with E-state index in [0.29, 0.717) is 6.61 Å². The molecule has 3 nitrogen and oxygen atoms in total. The Labute approximate surface area is 138 Å². The summed E-state index contributed by atoms with van der Waals surface area (Å²) in [5.41, 5.74) is 1.80. The molecule has 3 heteroatoms. The second kappa shape index (κ2) is 8.99. The van der Waals surface area contributed by atoms with Crippen molar-refractivity contribution in [1.29, 1.82) is 0 Å². The SMILES string of the molecule is CCCCN(CC)C(=O)c1ccc(COc2ccccc2)cc1.